The largest absolute Gasteiger partial charge is 0.445 e. The lowest BCUT2D eigenvalue weighted by Crippen LogP contribution is -2.38. The molecule has 0 saturated carbocycles. The third-order valence-corrected chi connectivity index (χ3v) is 3.65. The molecule has 0 heterocycles. The Morgan fingerprint density at radius 1 is 1.04 bits per heavy atom. The van der Waals surface area contributed by atoms with Crippen LogP contribution in [0.3, 0.4) is 0 Å². The smallest absolute Gasteiger partial charge is 0.410 e. The number of alkyl halides is 1. The van der Waals surface area contributed by atoms with E-state index in [2.05, 4.69) is 0 Å². The zero-order valence-electron chi connectivity index (χ0n) is 12.8. The van der Waals surface area contributed by atoms with Crippen LogP contribution in [0.4, 0.5) is 4.79 Å². The van der Waals surface area contributed by atoms with E-state index >= 15 is 0 Å². The summed E-state index contributed by atoms with van der Waals surface area (Å²) < 4.78 is 5.34. The van der Waals surface area contributed by atoms with Gasteiger partial charge in [-0.3, -0.25) is 0 Å². The fraction of sp³-hybridized carbons (Fsp3) is 0.278. The highest BCUT2D eigenvalue weighted by Crippen LogP contribution is 2.09. The minimum absolute atomic E-state index is 0.0667. The maximum atomic E-state index is 12.3. The summed E-state index contributed by atoms with van der Waals surface area (Å²) in [6.07, 6.45) is -1.26. The van der Waals surface area contributed by atoms with Crippen molar-refractivity contribution < 1.29 is 14.6 Å². The van der Waals surface area contributed by atoms with E-state index < -0.39 is 12.2 Å². The number of amides is 1. The molecule has 0 aliphatic heterocycles. The summed E-state index contributed by atoms with van der Waals surface area (Å²) >= 11 is 5.65. The molecular formula is C18H20ClNO3. The van der Waals surface area contributed by atoms with Crippen molar-refractivity contribution in [3.63, 3.8) is 0 Å². The Kier molecular flexibility index (Phi) is 6.91. The average molecular weight is 334 g/mol. The number of hydrogen-bond acceptors (Lipinski definition) is 3. The number of hydrogen-bond donors (Lipinski definition) is 1. The Labute approximate surface area is 141 Å². The molecule has 0 spiro atoms. The number of aliphatic hydroxyl groups excluding tert-OH is 1. The molecule has 0 aliphatic rings. The summed E-state index contributed by atoms with van der Waals surface area (Å²) in [7, 11) is 0. The molecule has 0 aliphatic carbocycles. The van der Waals surface area contributed by atoms with Gasteiger partial charge in [0.15, 0.2) is 0 Å². The Morgan fingerprint density at radius 2 is 1.61 bits per heavy atom. The average Bonchev–Trinajstić information content (AvgIpc) is 2.60. The van der Waals surface area contributed by atoms with E-state index in [1.807, 2.05) is 60.7 Å². The van der Waals surface area contributed by atoms with Crippen molar-refractivity contribution in [2.24, 2.45) is 0 Å². The van der Waals surface area contributed by atoms with Crippen molar-refractivity contribution in [2.75, 3.05) is 12.4 Å². The molecule has 1 N–H and O–H groups in total. The second-order valence-corrected chi connectivity index (χ2v) is 5.52. The van der Waals surface area contributed by atoms with Gasteiger partial charge in [-0.05, 0) is 11.1 Å². The van der Waals surface area contributed by atoms with Crippen LogP contribution >= 0.6 is 11.6 Å². The monoisotopic (exact) mass is 333 g/mol. The number of aliphatic hydroxyl groups is 1. The van der Waals surface area contributed by atoms with E-state index in [1.54, 1.807) is 0 Å². The molecule has 0 aromatic heterocycles. The molecule has 2 aromatic rings. The van der Waals surface area contributed by atoms with Crippen molar-refractivity contribution in [3.05, 3.63) is 71.8 Å². The van der Waals surface area contributed by atoms with Gasteiger partial charge < -0.3 is 14.7 Å². The van der Waals surface area contributed by atoms with Crippen LogP contribution in [-0.4, -0.2) is 34.6 Å². The minimum Gasteiger partial charge on any atom is -0.445 e. The van der Waals surface area contributed by atoms with Gasteiger partial charge in [-0.15, -0.1) is 11.6 Å². The van der Waals surface area contributed by atoms with Crippen molar-refractivity contribution in [2.45, 2.75) is 19.3 Å². The Balaban J connectivity index is 1.98. The number of ether oxygens (including phenoxy) is 1. The molecule has 5 heteroatoms. The lowest BCUT2D eigenvalue weighted by Gasteiger charge is -2.24. The van der Waals surface area contributed by atoms with Crippen LogP contribution in [0.5, 0.6) is 0 Å². The topological polar surface area (TPSA) is 49.8 Å². The molecule has 0 radical (unpaired) electrons. The maximum absolute atomic E-state index is 12.3. The molecule has 1 amide bonds. The highest BCUT2D eigenvalue weighted by molar-refractivity contribution is 6.18. The SMILES string of the molecule is O=C(OCc1ccccc1)N(Cc1ccccc1)CC(O)CCl. The number of carbonyl (C=O) groups is 1. The van der Waals surface area contributed by atoms with Gasteiger partial charge in [-0.1, -0.05) is 60.7 Å². The van der Waals surface area contributed by atoms with Crippen LogP contribution in [0, 0.1) is 0 Å². The van der Waals surface area contributed by atoms with Crippen molar-refractivity contribution >= 4 is 17.7 Å². The highest BCUT2D eigenvalue weighted by Gasteiger charge is 2.19. The standard InChI is InChI=1S/C18H20ClNO3/c19-11-17(21)13-20(12-15-7-3-1-4-8-15)18(22)23-14-16-9-5-2-6-10-16/h1-10,17,21H,11-14H2. The second kappa shape index (κ2) is 9.18. The van der Waals surface area contributed by atoms with Gasteiger partial charge in [0.2, 0.25) is 0 Å². The van der Waals surface area contributed by atoms with Gasteiger partial charge in [0.1, 0.15) is 6.61 Å². The number of halogens is 1. The van der Waals surface area contributed by atoms with E-state index in [1.165, 1.54) is 4.90 Å². The second-order valence-electron chi connectivity index (χ2n) is 5.21. The molecule has 4 nitrogen and oxygen atoms in total. The lowest BCUT2D eigenvalue weighted by molar-refractivity contribution is 0.0712. The lowest BCUT2D eigenvalue weighted by atomic mass is 10.2. The zero-order chi connectivity index (χ0) is 16.5. The predicted molar refractivity (Wildman–Crippen MR) is 90.2 cm³/mol. The number of nitrogens with zero attached hydrogens (tertiary/aromatic N) is 1. The molecule has 1 unspecified atom stereocenters. The van der Waals surface area contributed by atoms with Crippen LogP contribution in [0.1, 0.15) is 11.1 Å². The van der Waals surface area contributed by atoms with Gasteiger partial charge in [0.05, 0.1) is 18.5 Å². The van der Waals surface area contributed by atoms with Crippen molar-refractivity contribution in [3.8, 4) is 0 Å². The van der Waals surface area contributed by atoms with Crippen LogP contribution in [0.15, 0.2) is 60.7 Å². The zero-order valence-corrected chi connectivity index (χ0v) is 13.5. The third kappa shape index (κ3) is 5.93. The first-order valence-corrected chi connectivity index (χ1v) is 7.96. The maximum Gasteiger partial charge on any atom is 0.410 e. The third-order valence-electron chi connectivity index (χ3n) is 3.29. The molecule has 0 saturated heterocycles. The molecule has 0 bridgehead atoms. The quantitative estimate of drug-likeness (QED) is 0.790. The van der Waals surface area contributed by atoms with E-state index in [-0.39, 0.29) is 19.0 Å². The summed E-state index contributed by atoms with van der Waals surface area (Å²) in [6, 6.07) is 19.0. The Bertz CT molecular complexity index is 592. The number of carbonyl (C=O) groups excluding carboxylic acids is 1. The van der Waals surface area contributed by atoms with Gasteiger partial charge >= 0.3 is 6.09 Å². The molecule has 1 atom stereocenters. The first-order chi connectivity index (χ1) is 11.2. The van der Waals surface area contributed by atoms with Gasteiger partial charge in [0.25, 0.3) is 0 Å². The van der Waals surface area contributed by atoms with Crippen LogP contribution < -0.4 is 0 Å². The van der Waals surface area contributed by atoms with Crippen molar-refractivity contribution in [1.82, 2.24) is 4.90 Å². The minimum atomic E-state index is -0.787. The van der Waals surface area contributed by atoms with Crippen LogP contribution in [0.2, 0.25) is 0 Å². The number of rotatable bonds is 7. The summed E-state index contributed by atoms with van der Waals surface area (Å²) in [4.78, 5) is 13.8. The summed E-state index contributed by atoms with van der Waals surface area (Å²) in [5.74, 6) is 0.0667. The van der Waals surface area contributed by atoms with E-state index in [9.17, 15) is 9.90 Å². The molecular weight excluding hydrogens is 314 g/mol. The molecule has 2 rings (SSSR count). The van der Waals surface area contributed by atoms with E-state index in [0.29, 0.717) is 6.54 Å². The van der Waals surface area contributed by atoms with Crippen molar-refractivity contribution in [1.29, 1.82) is 0 Å². The first-order valence-electron chi connectivity index (χ1n) is 7.42. The fourth-order valence-electron chi connectivity index (χ4n) is 2.12. The van der Waals surface area contributed by atoms with Crippen LogP contribution in [-0.2, 0) is 17.9 Å². The van der Waals surface area contributed by atoms with Gasteiger partial charge in [-0.2, -0.15) is 0 Å². The normalized spacial score (nSPS) is 11.7. The molecule has 122 valence electrons. The molecule has 23 heavy (non-hydrogen) atoms. The highest BCUT2D eigenvalue weighted by atomic mass is 35.5. The van der Waals surface area contributed by atoms with Gasteiger partial charge in [0, 0.05) is 6.54 Å². The summed E-state index contributed by atoms with van der Waals surface area (Å²) in [6.45, 7) is 0.691. The summed E-state index contributed by atoms with van der Waals surface area (Å²) in [5.41, 5.74) is 1.88. The van der Waals surface area contributed by atoms with Crippen LogP contribution in [0.25, 0.3) is 0 Å². The fourth-order valence-corrected chi connectivity index (χ4v) is 2.22. The summed E-state index contributed by atoms with van der Waals surface area (Å²) in [5, 5.41) is 9.76. The number of benzene rings is 2. The Morgan fingerprint density at radius 3 is 2.17 bits per heavy atom. The van der Waals surface area contributed by atoms with E-state index in [0.717, 1.165) is 11.1 Å². The molecule has 2 aromatic carbocycles. The molecule has 0 fully saturated rings. The Hall–Kier alpha value is -2.04. The van der Waals surface area contributed by atoms with Gasteiger partial charge in [-0.25, -0.2) is 4.79 Å². The first kappa shape index (κ1) is 17.3. The van der Waals surface area contributed by atoms with E-state index in [4.69, 9.17) is 16.3 Å². The predicted octanol–water partition coefficient (Wildman–Crippen LogP) is 3.43.